The Kier molecular flexibility index (Phi) is 3.78. The molecule has 1 aromatic heterocycles. The van der Waals surface area contributed by atoms with Crippen molar-refractivity contribution in [1.29, 1.82) is 5.26 Å². The third-order valence-electron chi connectivity index (χ3n) is 3.15. The first-order chi connectivity index (χ1) is 10.2. The van der Waals surface area contributed by atoms with Gasteiger partial charge in [-0.15, -0.1) is 11.3 Å². The van der Waals surface area contributed by atoms with E-state index in [1.54, 1.807) is 23.5 Å². The van der Waals surface area contributed by atoms with E-state index < -0.39 is 0 Å². The lowest BCUT2D eigenvalue weighted by molar-refractivity contribution is 0.874. The summed E-state index contributed by atoms with van der Waals surface area (Å²) in [5, 5.41) is 13.8. The highest BCUT2D eigenvalue weighted by atomic mass is 35.5. The summed E-state index contributed by atoms with van der Waals surface area (Å²) in [5.41, 5.74) is 2.37. The Balaban J connectivity index is 1.86. The highest BCUT2D eigenvalue weighted by molar-refractivity contribution is 7.18. The number of aromatic nitrogens is 1. The number of nitriles is 1. The number of rotatable bonds is 3. The molecule has 0 amide bonds. The van der Waals surface area contributed by atoms with E-state index in [0.717, 1.165) is 16.2 Å². The molecule has 0 aliphatic heterocycles. The maximum absolute atomic E-state index is 8.86. The standard InChI is InChI=1S/C16H12ClN3S/c1-10(16-20-14-4-2-3-5-15(14)21-16)19-13-7-6-11(9-18)8-12(13)17/h2-8,10,19H,1H3. The van der Waals surface area contributed by atoms with Crippen LogP contribution in [-0.2, 0) is 0 Å². The number of anilines is 1. The summed E-state index contributed by atoms with van der Waals surface area (Å²) < 4.78 is 1.17. The molecule has 3 rings (SSSR count). The van der Waals surface area contributed by atoms with E-state index in [-0.39, 0.29) is 6.04 Å². The zero-order valence-corrected chi connectivity index (χ0v) is 12.9. The molecule has 104 valence electrons. The van der Waals surface area contributed by atoms with Crippen LogP contribution < -0.4 is 5.32 Å². The fourth-order valence-electron chi connectivity index (χ4n) is 2.07. The van der Waals surface area contributed by atoms with Crippen LogP contribution in [0.5, 0.6) is 0 Å². The average molecular weight is 314 g/mol. The second-order valence-electron chi connectivity index (χ2n) is 4.69. The molecule has 1 unspecified atom stereocenters. The molecule has 0 aliphatic carbocycles. The summed E-state index contributed by atoms with van der Waals surface area (Å²) in [4.78, 5) is 4.63. The number of thiazole rings is 1. The molecule has 0 bridgehead atoms. The van der Waals surface area contributed by atoms with Gasteiger partial charge in [-0.1, -0.05) is 23.7 Å². The number of fused-ring (bicyclic) bond motifs is 1. The van der Waals surface area contributed by atoms with Crippen LogP contribution in [0.15, 0.2) is 42.5 Å². The van der Waals surface area contributed by atoms with Crippen LogP contribution in [0.2, 0.25) is 5.02 Å². The van der Waals surface area contributed by atoms with E-state index >= 15 is 0 Å². The first-order valence-electron chi connectivity index (χ1n) is 6.49. The van der Waals surface area contributed by atoms with E-state index in [1.165, 1.54) is 4.70 Å². The van der Waals surface area contributed by atoms with Gasteiger partial charge in [0.2, 0.25) is 0 Å². The van der Waals surface area contributed by atoms with Crippen molar-refractivity contribution in [3.05, 3.63) is 58.1 Å². The molecule has 5 heteroatoms. The monoisotopic (exact) mass is 313 g/mol. The predicted octanol–water partition coefficient (Wildman–Crippen LogP) is 4.99. The quantitative estimate of drug-likeness (QED) is 0.740. The lowest BCUT2D eigenvalue weighted by atomic mass is 10.2. The van der Waals surface area contributed by atoms with E-state index in [4.69, 9.17) is 16.9 Å². The molecule has 0 aliphatic rings. The number of benzene rings is 2. The molecule has 0 saturated carbocycles. The molecule has 1 atom stereocenters. The van der Waals surface area contributed by atoms with Crippen LogP contribution in [0.3, 0.4) is 0 Å². The van der Waals surface area contributed by atoms with Crippen LogP contribution in [0.4, 0.5) is 5.69 Å². The smallest absolute Gasteiger partial charge is 0.116 e. The van der Waals surface area contributed by atoms with Gasteiger partial charge >= 0.3 is 0 Å². The van der Waals surface area contributed by atoms with Crippen molar-refractivity contribution in [3.63, 3.8) is 0 Å². The van der Waals surface area contributed by atoms with Gasteiger partial charge in [-0.25, -0.2) is 4.98 Å². The number of nitrogens with zero attached hydrogens (tertiary/aromatic N) is 2. The molecule has 1 N–H and O–H groups in total. The van der Waals surface area contributed by atoms with Gasteiger partial charge in [-0.2, -0.15) is 5.26 Å². The minimum Gasteiger partial charge on any atom is -0.375 e. The summed E-state index contributed by atoms with van der Waals surface area (Å²) in [6, 6.07) is 15.4. The minimum absolute atomic E-state index is 0.0489. The number of halogens is 1. The van der Waals surface area contributed by atoms with E-state index in [2.05, 4.69) is 22.4 Å². The minimum atomic E-state index is 0.0489. The van der Waals surface area contributed by atoms with E-state index in [1.807, 2.05) is 31.2 Å². The Morgan fingerprint density at radius 1 is 1.29 bits per heavy atom. The van der Waals surface area contributed by atoms with Crippen molar-refractivity contribution >= 4 is 38.8 Å². The summed E-state index contributed by atoms with van der Waals surface area (Å²) in [6.45, 7) is 2.05. The molecule has 0 fully saturated rings. The van der Waals surface area contributed by atoms with Gasteiger partial charge in [0, 0.05) is 0 Å². The Morgan fingerprint density at radius 3 is 2.81 bits per heavy atom. The van der Waals surface area contributed by atoms with Crippen molar-refractivity contribution in [1.82, 2.24) is 4.98 Å². The molecule has 0 radical (unpaired) electrons. The Bertz CT molecular complexity index is 802. The normalized spacial score (nSPS) is 12.0. The van der Waals surface area contributed by atoms with Crippen LogP contribution in [0.1, 0.15) is 23.5 Å². The molecule has 3 aromatic rings. The highest BCUT2D eigenvalue weighted by Crippen LogP contribution is 2.31. The molecule has 1 heterocycles. The van der Waals surface area contributed by atoms with Gasteiger partial charge in [-0.3, -0.25) is 0 Å². The van der Waals surface area contributed by atoms with E-state index in [9.17, 15) is 0 Å². The summed E-state index contributed by atoms with van der Waals surface area (Å²) >= 11 is 7.86. The fourth-order valence-corrected chi connectivity index (χ4v) is 3.28. The molecule has 2 aromatic carbocycles. The molecule has 0 spiro atoms. The topological polar surface area (TPSA) is 48.7 Å². The Labute approximate surface area is 131 Å². The second kappa shape index (κ2) is 5.72. The van der Waals surface area contributed by atoms with Gasteiger partial charge in [0.05, 0.1) is 38.6 Å². The second-order valence-corrected chi connectivity index (χ2v) is 6.16. The summed E-state index contributed by atoms with van der Waals surface area (Å²) in [7, 11) is 0. The zero-order chi connectivity index (χ0) is 14.8. The van der Waals surface area contributed by atoms with Crippen molar-refractivity contribution < 1.29 is 0 Å². The van der Waals surface area contributed by atoms with Crippen LogP contribution in [0.25, 0.3) is 10.2 Å². The number of para-hydroxylation sites is 1. The first kappa shape index (κ1) is 13.9. The largest absolute Gasteiger partial charge is 0.375 e. The predicted molar refractivity (Wildman–Crippen MR) is 87.8 cm³/mol. The lowest BCUT2D eigenvalue weighted by Gasteiger charge is -2.14. The van der Waals surface area contributed by atoms with Crippen LogP contribution in [-0.4, -0.2) is 4.98 Å². The SMILES string of the molecule is CC(Nc1ccc(C#N)cc1Cl)c1nc2ccccc2s1. The first-order valence-corrected chi connectivity index (χ1v) is 7.68. The van der Waals surface area contributed by atoms with Crippen molar-refractivity contribution in [3.8, 4) is 6.07 Å². The van der Waals surface area contributed by atoms with Gasteiger partial charge < -0.3 is 5.32 Å². The molecule has 0 saturated heterocycles. The third kappa shape index (κ3) is 2.85. The molecular formula is C16H12ClN3S. The van der Waals surface area contributed by atoms with Gasteiger partial charge in [0.15, 0.2) is 0 Å². The highest BCUT2D eigenvalue weighted by Gasteiger charge is 2.12. The Morgan fingerprint density at radius 2 is 2.10 bits per heavy atom. The Hall–Kier alpha value is -2.09. The van der Waals surface area contributed by atoms with Gasteiger partial charge in [0.1, 0.15) is 5.01 Å². The average Bonchev–Trinajstić information content (AvgIpc) is 2.93. The van der Waals surface area contributed by atoms with Crippen molar-refractivity contribution in [2.75, 3.05) is 5.32 Å². The van der Waals surface area contributed by atoms with Gasteiger partial charge in [-0.05, 0) is 37.3 Å². The zero-order valence-electron chi connectivity index (χ0n) is 11.3. The maximum atomic E-state index is 8.86. The number of nitrogens with one attached hydrogen (secondary N) is 1. The molecule has 21 heavy (non-hydrogen) atoms. The lowest BCUT2D eigenvalue weighted by Crippen LogP contribution is -2.06. The van der Waals surface area contributed by atoms with Crippen molar-refractivity contribution in [2.45, 2.75) is 13.0 Å². The molecular weight excluding hydrogens is 302 g/mol. The number of hydrogen-bond acceptors (Lipinski definition) is 4. The maximum Gasteiger partial charge on any atom is 0.116 e. The van der Waals surface area contributed by atoms with E-state index in [0.29, 0.717) is 10.6 Å². The molecule has 3 nitrogen and oxygen atoms in total. The fraction of sp³-hybridized carbons (Fsp3) is 0.125. The van der Waals surface area contributed by atoms with Gasteiger partial charge in [0.25, 0.3) is 0 Å². The van der Waals surface area contributed by atoms with Crippen molar-refractivity contribution in [2.24, 2.45) is 0 Å². The summed E-state index contributed by atoms with van der Waals surface area (Å²) in [6.07, 6.45) is 0. The number of hydrogen-bond donors (Lipinski definition) is 1. The summed E-state index contributed by atoms with van der Waals surface area (Å²) in [5.74, 6) is 0. The van der Waals surface area contributed by atoms with Crippen LogP contribution in [0, 0.1) is 11.3 Å². The van der Waals surface area contributed by atoms with Crippen LogP contribution >= 0.6 is 22.9 Å². The third-order valence-corrected chi connectivity index (χ3v) is 4.68.